The van der Waals surface area contributed by atoms with E-state index in [0.717, 1.165) is 4.35 Å². The van der Waals surface area contributed by atoms with Crippen molar-refractivity contribution in [3.8, 4) is 0 Å². The summed E-state index contributed by atoms with van der Waals surface area (Å²) in [6.45, 7) is 0. The molecule has 2 aromatic rings. The Morgan fingerprint density at radius 1 is 0.875 bits per heavy atom. The minimum atomic E-state index is -5.01. The average Bonchev–Trinajstić information content (AvgIpc) is 2.50. The van der Waals surface area contributed by atoms with Crippen LogP contribution in [0.5, 0.6) is 0 Å². The molecule has 0 aliphatic heterocycles. The van der Waals surface area contributed by atoms with E-state index in [4.69, 9.17) is 0 Å². The number of halogens is 5. The molecule has 0 saturated heterocycles. The van der Waals surface area contributed by atoms with Gasteiger partial charge in [0.2, 0.25) is 0 Å². The number of rotatable bonds is 4. The molecular formula is C14H11AsF5NO2S. The Kier molecular flexibility index (Phi) is 5.25. The quantitative estimate of drug-likeness (QED) is 0.353. The summed E-state index contributed by atoms with van der Waals surface area (Å²) in [6.07, 6.45) is 0. The van der Waals surface area contributed by atoms with E-state index >= 15 is 0 Å². The SMILES string of the molecule is C[As](C)c1cccc(NS(=O)(=O)c2c(F)c(F)c(F)c(F)c2F)c1. The van der Waals surface area contributed by atoms with Gasteiger partial charge in [-0.25, -0.2) is 0 Å². The van der Waals surface area contributed by atoms with E-state index in [-0.39, 0.29) is 5.69 Å². The molecule has 2 aromatic carbocycles. The summed E-state index contributed by atoms with van der Waals surface area (Å²) < 4.78 is 93.7. The van der Waals surface area contributed by atoms with Crippen LogP contribution in [0.4, 0.5) is 27.6 Å². The van der Waals surface area contributed by atoms with Gasteiger partial charge in [-0.15, -0.1) is 0 Å². The molecule has 0 fully saturated rings. The van der Waals surface area contributed by atoms with Crippen LogP contribution in [-0.4, -0.2) is 23.1 Å². The van der Waals surface area contributed by atoms with E-state index in [1.165, 1.54) is 18.2 Å². The number of anilines is 1. The van der Waals surface area contributed by atoms with Gasteiger partial charge in [0.1, 0.15) is 0 Å². The summed E-state index contributed by atoms with van der Waals surface area (Å²) in [5, 5.41) is 0. The molecule has 3 nitrogen and oxygen atoms in total. The number of hydrogen-bond donors (Lipinski definition) is 1. The van der Waals surface area contributed by atoms with E-state index in [1.807, 2.05) is 16.1 Å². The van der Waals surface area contributed by atoms with Gasteiger partial charge in [-0.2, -0.15) is 0 Å². The van der Waals surface area contributed by atoms with Crippen molar-refractivity contribution in [2.45, 2.75) is 16.3 Å². The predicted octanol–water partition coefficient (Wildman–Crippen LogP) is 3.14. The van der Waals surface area contributed by atoms with E-state index in [1.54, 1.807) is 6.07 Å². The fourth-order valence-corrected chi connectivity index (χ4v) is 4.70. The van der Waals surface area contributed by atoms with Crippen molar-refractivity contribution in [1.29, 1.82) is 0 Å². The zero-order valence-corrected chi connectivity index (χ0v) is 15.1. The first-order valence-electron chi connectivity index (χ1n) is 6.38. The Labute approximate surface area is 139 Å². The van der Waals surface area contributed by atoms with Crippen LogP contribution in [0.1, 0.15) is 0 Å². The summed E-state index contributed by atoms with van der Waals surface area (Å²) in [5.74, 6) is -11.9. The van der Waals surface area contributed by atoms with Crippen LogP contribution in [0, 0.1) is 29.1 Å². The molecule has 0 radical (unpaired) electrons. The van der Waals surface area contributed by atoms with Crippen LogP contribution in [0.15, 0.2) is 29.2 Å². The van der Waals surface area contributed by atoms with Crippen molar-refractivity contribution >= 4 is 34.7 Å². The molecule has 0 aliphatic rings. The third-order valence-electron chi connectivity index (χ3n) is 3.05. The standard InChI is InChI=1S/C14H11AsF5NO2S/c1-15(2)7-4-3-5-8(6-7)21-24(22,23)14-12(19)10(17)9(16)11(18)13(14)20/h3-6,21H,1-2H3. The summed E-state index contributed by atoms with van der Waals surface area (Å²) in [7, 11) is -5.01. The van der Waals surface area contributed by atoms with Gasteiger partial charge in [-0.3, -0.25) is 0 Å². The topological polar surface area (TPSA) is 46.2 Å². The molecule has 0 aromatic heterocycles. The van der Waals surface area contributed by atoms with Crippen molar-refractivity contribution in [2.24, 2.45) is 0 Å². The van der Waals surface area contributed by atoms with E-state index in [0.29, 0.717) is 0 Å². The second-order valence-electron chi connectivity index (χ2n) is 4.95. The first-order chi connectivity index (χ1) is 11.1. The van der Waals surface area contributed by atoms with Crippen molar-refractivity contribution in [3.63, 3.8) is 0 Å². The molecule has 0 heterocycles. The van der Waals surface area contributed by atoms with Gasteiger partial charge in [0.25, 0.3) is 0 Å². The van der Waals surface area contributed by atoms with E-state index in [9.17, 15) is 30.4 Å². The van der Waals surface area contributed by atoms with E-state index < -0.39 is 58.7 Å². The number of hydrogen-bond acceptors (Lipinski definition) is 2. The van der Waals surface area contributed by atoms with Gasteiger partial charge in [-0.1, -0.05) is 0 Å². The zero-order chi connectivity index (χ0) is 18.2. The molecular weight excluding hydrogens is 416 g/mol. The molecule has 0 saturated carbocycles. The van der Waals surface area contributed by atoms with Crippen LogP contribution in [0.25, 0.3) is 0 Å². The Hall–Kier alpha value is -1.60. The van der Waals surface area contributed by atoms with Gasteiger partial charge < -0.3 is 0 Å². The number of benzene rings is 2. The number of nitrogens with one attached hydrogen (secondary N) is 1. The van der Waals surface area contributed by atoms with Gasteiger partial charge in [0.05, 0.1) is 0 Å². The summed E-state index contributed by atoms with van der Waals surface area (Å²) in [6, 6.07) is 6.06. The molecule has 0 bridgehead atoms. The van der Waals surface area contributed by atoms with Gasteiger partial charge in [0.15, 0.2) is 0 Å². The van der Waals surface area contributed by atoms with E-state index in [2.05, 4.69) is 0 Å². The first kappa shape index (κ1) is 18.7. The Balaban J connectivity index is 2.55. The van der Waals surface area contributed by atoms with Crippen molar-refractivity contribution in [2.75, 3.05) is 4.72 Å². The van der Waals surface area contributed by atoms with Crippen molar-refractivity contribution in [3.05, 3.63) is 53.4 Å². The summed E-state index contributed by atoms with van der Waals surface area (Å²) in [4.78, 5) is -1.91. The molecule has 0 atom stereocenters. The van der Waals surface area contributed by atoms with Crippen LogP contribution >= 0.6 is 0 Å². The van der Waals surface area contributed by atoms with Crippen molar-refractivity contribution in [1.82, 2.24) is 0 Å². The second kappa shape index (κ2) is 6.72. The molecule has 0 aliphatic carbocycles. The molecule has 0 amide bonds. The Morgan fingerprint density at radius 2 is 1.38 bits per heavy atom. The molecule has 1 N–H and O–H groups in total. The molecule has 0 unspecified atom stereocenters. The maximum absolute atomic E-state index is 13.7. The fourth-order valence-electron chi connectivity index (χ4n) is 1.87. The Morgan fingerprint density at radius 3 is 1.88 bits per heavy atom. The van der Waals surface area contributed by atoms with Gasteiger partial charge >= 0.3 is 139 Å². The predicted molar refractivity (Wildman–Crippen MR) is 80.6 cm³/mol. The minimum absolute atomic E-state index is 0.0282. The van der Waals surface area contributed by atoms with Crippen LogP contribution in [0.2, 0.25) is 11.4 Å². The molecule has 2 rings (SSSR count). The van der Waals surface area contributed by atoms with Gasteiger partial charge in [0, 0.05) is 0 Å². The molecule has 10 heteroatoms. The first-order valence-corrected chi connectivity index (χ1v) is 12.6. The third-order valence-corrected chi connectivity index (χ3v) is 7.20. The van der Waals surface area contributed by atoms with Crippen LogP contribution in [-0.2, 0) is 10.0 Å². The number of sulfonamides is 1. The van der Waals surface area contributed by atoms with Crippen LogP contribution < -0.4 is 9.07 Å². The summed E-state index contributed by atoms with van der Waals surface area (Å²) in [5.41, 5.74) is 3.93. The third kappa shape index (κ3) is 3.42. The van der Waals surface area contributed by atoms with Gasteiger partial charge in [-0.05, 0) is 0 Å². The average molecular weight is 427 g/mol. The Bertz CT molecular complexity index is 873. The fraction of sp³-hybridized carbons (Fsp3) is 0.143. The molecule has 24 heavy (non-hydrogen) atoms. The molecule has 0 spiro atoms. The van der Waals surface area contributed by atoms with Crippen molar-refractivity contribution < 1.29 is 30.4 Å². The maximum atomic E-state index is 13.7. The summed E-state index contributed by atoms with van der Waals surface area (Å²) >= 11 is -1.36. The van der Waals surface area contributed by atoms with Crippen LogP contribution in [0.3, 0.4) is 0 Å². The molecule has 130 valence electrons. The monoisotopic (exact) mass is 427 g/mol. The normalized spacial score (nSPS) is 11.8. The second-order valence-corrected chi connectivity index (χ2v) is 11.4. The zero-order valence-electron chi connectivity index (χ0n) is 12.4.